The molecule has 1 atom stereocenters. The predicted molar refractivity (Wildman–Crippen MR) is 101 cm³/mol. The van der Waals surface area contributed by atoms with Crippen LogP contribution < -0.4 is 4.74 Å². The molecule has 1 aliphatic heterocycles. The molecule has 26 heavy (non-hydrogen) atoms. The van der Waals surface area contributed by atoms with Gasteiger partial charge in [-0.05, 0) is 49.6 Å². The third-order valence-electron chi connectivity index (χ3n) is 4.75. The summed E-state index contributed by atoms with van der Waals surface area (Å²) in [5.74, 6) is 0.665. The smallest absolute Gasteiger partial charge is 0.243 e. The molecule has 6 heteroatoms. The molecule has 140 valence electrons. The minimum Gasteiger partial charge on any atom is -0.497 e. The van der Waals surface area contributed by atoms with Crippen LogP contribution in [0.3, 0.4) is 0 Å². The number of morpholine rings is 1. The SMILES string of the molecule is COc1cc(C)c(S(=O)(=O)N2CCOC(c3ccc(C)cc3)C2)c(C)c1. The normalized spacial score (nSPS) is 18.7. The third-order valence-corrected chi connectivity index (χ3v) is 6.92. The number of aryl methyl sites for hydroxylation is 3. The maximum Gasteiger partial charge on any atom is 0.243 e. The van der Waals surface area contributed by atoms with Crippen LogP contribution in [-0.2, 0) is 14.8 Å². The van der Waals surface area contributed by atoms with Crippen molar-refractivity contribution in [3.8, 4) is 5.75 Å². The van der Waals surface area contributed by atoms with Crippen molar-refractivity contribution < 1.29 is 17.9 Å². The first-order valence-electron chi connectivity index (χ1n) is 8.66. The molecule has 1 heterocycles. The topological polar surface area (TPSA) is 55.8 Å². The van der Waals surface area contributed by atoms with Crippen molar-refractivity contribution in [2.45, 2.75) is 31.8 Å². The fraction of sp³-hybridized carbons (Fsp3) is 0.400. The Hall–Kier alpha value is -1.89. The van der Waals surface area contributed by atoms with Crippen LogP contribution in [-0.4, -0.2) is 39.5 Å². The van der Waals surface area contributed by atoms with Crippen LogP contribution in [0.5, 0.6) is 5.75 Å². The van der Waals surface area contributed by atoms with E-state index >= 15 is 0 Å². The van der Waals surface area contributed by atoms with Gasteiger partial charge in [-0.15, -0.1) is 0 Å². The Bertz CT molecular complexity index is 868. The second-order valence-corrected chi connectivity index (χ2v) is 8.60. The van der Waals surface area contributed by atoms with Gasteiger partial charge in [0.15, 0.2) is 0 Å². The number of hydrogen-bond donors (Lipinski definition) is 0. The molecule has 0 amide bonds. The van der Waals surface area contributed by atoms with Crippen LogP contribution in [0.25, 0.3) is 0 Å². The van der Waals surface area contributed by atoms with Crippen molar-refractivity contribution in [2.75, 3.05) is 26.8 Å². The second kappa shape index (κ2) is 7.39. The number of ether oxygens (including phenoxy) is 2. The Morgan fingerprint density at radius 2 is 1.69 bits per heavy atom. The molecule has 0 aromatic heterocycles. The molecule has 0 N–H and O–H groups in total. The van der Waals surface area contributed by atoms with Gasteiger partial charge in [-0.2, -0.15) is 4.31 Å². The van der Waals surface area contributed by atoms with Crippen molar-refractivity contribution in [1.82, 2.24) is 4.31 Å². The highest BCUT2D eigenvalue weighted by Crippen LogP contribution is 2.31. The van der Waals surface area contributed by atoms with Gasteiger partial charge in [-0.25, -0.2) is 8.42 Å². The largest absolute Gasteiger partial charge is 0.497 e. The molecular weight excluding hydrogens is 350 g/mol. The Kier molecular flexibility index (Phi) is 5.37. The summed E-state index contributed by atoms with van der Waals surface area (Å²) >= 11 is 0. The summed E-state index contributed by atoms with van der Waals surface area (Å²) in [4.78, 5) is 0.364. The summed E-state index contributed by atoms with van der Waals surface area (Å²) in [6.07, 6.45) is -0.252. The standard InChI is InChI=1S/C20H25NO4S/c1-14-5-7-17(8-6-14)19-13-21(9-10-25-19)26(22,23)20-15(2)11-18(24-4)12-16(20)3/h5-8,11-12,19H,9-10,13H2,1-4H3. The lowest BCUT2D eigenvalue weighted by Gasteiger charge is -2.33. The molecule has 1 saturated heterocycles. The van der Waals surface area contributed by atoms with E-state index in [1.165, 1.54) is 9.87 Å². The predicted octanol–water partition coefficient (Wildman–Crippen LogP) is 3.38. The fourth-order valence-electron chi connectivity index (χ4n) is 3.39. The van der Waals surface area contributed by atoms with Gasteiger partial charge in [0.2, 0.25) is 10.0 Å². The first-order valence-corrected chi connectivity index (χ1v) is 10.1. The minimum atomic E-state index is -3.60. The lowest BCUT2D eigenvalue weighted by atomic mass is 10.1. The van der Waals surface area contributed by atoms with Gasteiger partial charge in [-0.3, -0.25) is 0 Å². The van der Waals surface area contributed by atoms with E-state index in [-0.39, 0.29) is 6.10 Å². The highest BCUT2D eigenvalue weighted by molar-refractivity contribution is 7.89. The van der Waals surface area contributed by atoms with Crippen LogP contribution in [0.15, 0.2) is 41.3 Å². The molecule has 2 aromatic carbocycles. The van der Waals surface area contributed by atoms with Gasteiger partial charge in [0.05, 0.1) is 24.7 Å². The van der Waals surface area contributed by atoms with E-state index in [2.05, 4.69) is 0 Å². The summed E-state index contributed by atoms with van der Waals surface area (Å²) < 4.78 is 39.2. The zero-order chi connectivity index (χ0) is 18.9. The molecular formula is C20H25NO4S. The van der Waals surface area contributed by atoms with Crippen molar-refractivity contribution in [3.05, 3.63) is 58.7 Å². The van der Waals surface area contributed by atoms with Crippen LogP contribution in [0, 0.1) is 20.8 Å². The summed E-state index contributed by atoms with van der Waals surface area (Å²) in [5.41, 5.74) is 3.55. The van der Waals surface area contributed by atoms with Crippen LogP contribution in [0.2, 0.25) is 0 Å². The highest BCUT2D eigenvalue weighted by Gasteiger charge is 2.33. The van der Waals surface area contributed by atoms with Gasteiger partial charge in [0, 0.05) is 13.1 Å². The Labute approximate surface area is 155 Å². The molecule has 0 spiro atoms. The van der Waals surface area contributed by atoms with E-state index in [0.29, 0.717) is 41.5 Å². The Balaban J connectivity index is 1.91. The minimum absolute atomic E-state index is 0.252. The van der Waals surface area contributed by atoms with Gasteiger partial charge in [0.25, 0.3) is 0 Å². The first-order chi connectivity index (χ1) is 12.3. The lowest BCUT2D eigenvalue weighted by molar-refractivity contribution is -0.00258. The maximum atomic E-state index is 13.3. The molecule has 2 aromatic rings. The molecule has 1 aliphatic rings. The van der Waals surface area contributed by atoms with E-state index in [4.69, 9.17) is 9.47 Å². The van der Waals surface area contributed by atoms with Crippen molar-refractivity contribution >= 4 is 10.0 Å². The number of rotatable bonds is 4. The molecule has 0 aliphatic carbocycles. The highest BCUT2D eigenvalue weighted by atomic mass is 32.2. The Morgan fingerprint density at radius 3 is 2.27 bits per heavy atom. The summed E-state index contributed by atoms with van der Waals surface area (Å²) in [6.45, 7) is 6.69. The maximum absolute atomic E-state index is 13.3. The monoisotopic (exact) mass is 375 g/mol. The molecule has 1 unspecified atom stereocenters. The van der Waals surface area contributed by atoms with E-state index in [1.807, 2.05) is 31.2 Å². The third kappa shape index (κ3) is 3.63. The second-order valence-electron chi connectivity index (χ2n) is 6.72. The molecule has 0 radical (unpaired) electrons. The van der Waals surface area contributed by atoms with Crippen LogP contribution >= 0.6 is 0 Å². The van der Waals surface area contributed by atoms with Crippen molar-refractivity contribution in [2.24, 2.45) is 0 Å². The van der Waals surface area contributed by atoms with Crippen LogP contribution in [0.4, 0.5) is 0 Å². The van der Waals surface area contributed by atoms with E-state index in [1.54, 1.807) is 33.1 Å². The van der Waals surface area contributed by atoms with Crippen LogP contribution in [0.1, 0.15) is 28.4 Å². The van der Waals surface area contributed by atoms with Gasteiger partial charge < -0.3 is 9.47 Å². The number of sulfonamides is 1. The number of hydrogen-bond acceptors (Lipinski definition) is 4. The Morgan fingerprint density at radius 1 is 1.08 bits per heavy atom. The molecule has 0 bridgehead atoms. The van der Waals surface area contributed by atoms with Crippen molar-refractivity contribution in [3.63, 3.8) is 0 Å². The molecule has 1 fully saturated rings. The molecule has 0 saturated carbocycles. The van der Waals surface area contributed by atoms with E-state index in [9.17, 15) is 8.42 Å². The summed E-state index contributed by atoms with van der Waals surface area (Å²) in [6, 6.07) is 11.6. The average molecular weight is 375 g/mol. The quantitative estimate of drug-likeness (QED) is 0.822. The van der Waals surface area contributed by atoms with Gasteiger partial charge in [0.1, 0.15) is 5.75 Å². The first kappa shape index (κ1) is 18.9. The van der Waals surface area contributed by atoms with Gasteiger partial charge in [-0.1, -0.05) is 29.8 Å². The van der Waals surface area contributed by atoms with Gasteiger partial charge >= 0.3 is 0 Å². The molecule has 5 nitrogen and oxygen atoms in total. The average Bonchev–Trinajstić information content (AvgIpc) is 2.61. The zero-order valence-corrected chi connectivity index (χ0v) is 16.5. The van der Waals surface area contributed by atoms with E-state index in [0.717, 1.165) is 5.56 Å². The van der Waals surface area contributed by atoms with Crippen molar-refractivity contribution in [1.29, 1.82) is 0 Å². The fourth-order valence-corrected chi connectivity index (χ4v) is 5.23. The number of methoxy groups -OCH3 is 1. The summed E-state index contributed by atoms with van der Waals surface area (Å²) in [7, 11) is -2.02. The molecule has 3 rings (SSSR count). The van der Waals surface area contributed by atoms with E-state index < -0.39 is 10.0 Å². The number of nitrogens with zero attached hydrogens (tertiary/aromatic N) is 1. The summed E-state index contributed by atoms with van der Waals surface area (Å²) in [5, 5.41) is 0. The zero-order valence-electron chi connectivity index (χ0n) is 15.7. The lowest BCUT2D eigenvalue weighted by Crippen LogP contribution is -2.42. The number of benzene rings is 2.